The Labute approximate surface area is 61.6 Å². The maximum Gasteiger partial charge on any atom is 0.486 e. The molecule has 58 valence electrons. The highest BCUT2D eigenvalue weighted by Crippen LogP contribution is 2.32. The van der Waals surface area contributed by atoms with Crippen LogP contribution in [0.4, 0.5) is 0 Å². The Morgan fingerprint density at radius 3 is 2.30 bits per heavy atom. The van der Waals surface area contributed by atoms with Crippen LogP contribution in [-0.2, 0) is 4.74 Å². The highest BCUT2D eigenvalue weighted by molar-refractivity contribution is 5.76. The molecule has 1 N–H and O–H groups in total. The van der Waals surface area contributed by atoms with Gasteiger partial charge in [-0.25, -0.2) is 0 Å². The van der Waals surface area contributed by atoms with Gasteiger partial charge >= 0.3 is 5.97 Å². The zero-order valence-electron chi connectivity index (χ0n) is 6.85. The first-order valence-electron chi connectivity index (χ1n) is 3.70. The van der Waals surface area contributed by atoms with Crippen molar-refractivity contribution < 1.29 is 9.53 Å². The quantitative estimate of drug-likeness (QED) is 0.374. The Morgan fingerprint density at radius 1 is 1.50 bits per heavy atom. The zero-order valence-corrected chi connectivity index (χ0v) is 6.85. The number of hydrogen-bond donors (Lipinski definition) is 0. The third kappa shape index (κ3) is 1.31. The Kier molecular flexibility index (Phi) is 1.71. The maximum absolute atomic E-state index is 9.22. The summed E-state index contributed by atoms with van der Waals surface area (Å²) in [5.74, 6) is 0.458. The van der Waals surface area contributed by atoms with E-state index in [9.17, 15) is 4.79 Å². The molecule has 0 spiro atoms. The van der Waals surface area contributed by atoms with Crippen LogP contribution in [0.25, 0.3) is 0 Å². The van der Waals surface area contributed by atoms with Gasteiger partial charge in [0.1, 0.15) is 5.92 Å². The average Bonchev–Trinajstić information content (AvgIpc) is 2.11. The fourth-order valence-corrected chi connectivity index (χ4v) is 1.31. The van der Waals surface area contributed by atoms with Gasteiger partial charge in [0, 0.05) is 6.42 Å². The summed E-state index contributed by atoms with van der Waals surface area (Å²) < 4.78 is 4.96. The third-order valence-electron chi connectivity index (χ3n) is 2.00. The topological polar surface area (TPSA) is 30.6 Å². The van der Waals surface area contributed by atoms with Gasteiger partial charge in [0.05, 0.1) is 0 Å². The van der Waals surface area contributed by atoms with Gasteiger partial charge in [0.2, 0.25) is 0 Å². The number of hydrogen-bond acceptors (Lipinski definition) is 1. The lowest BCUT2D eigenvalue weighted by atomic mass is 9.80. The van der Waals surface area contributed by atoms with E-state index in [0.717, 1.165) is 6.42 Å². The van der Waals surface area contributed by atoms with Gasteiger partial charge in [0.15, 0.2) is 6.61 Å². The third-order valence-corrected chi connectivity index (χ3v) is 2.00. The van der Waals surface area contributed by atoms with Crippen molar-refractivity contribution in [3.05, 3.63) is 0 Å². The molecule has 1 aliphatic rings. The summed E-state index contributed by atoms with van der Waals surface area (Å²) >= 11 is 0. The standard InChI is InChI=1S/C8H14O2/c1-8(2,3)6-4-5-10-7(6)9/h6H,4-5H2,1-3H3/p+1. The predicted octanol–water partition coefficient (Wildman–Crippen LogP) is 1.57. The van der Waals surface area contributed by atoms with E-state index in [0.29, 0.717) is 6.61 Å². The van der Waals surface area contributed by atoms with E-state index < -0.39 is 0 Å². The van der Waals surface area contributed by atoms with Gasteiger partial charge in [-0.2, -0.15) is 0 Å². The van der Waals surface area contributed by atoms with Gasteiger partial charge in [0.25, 0.3) is 0 Å². The fourth-order valence-electron chi connectivity index (χ4n) is 1.31. The summed E-state index contributed by atoms with van der Waals surface area (Å²) in [4.78, 5) is 9.22. The van der Waals surface area contributed by atoms with Crippen molar-refractivity contribution in [3.63, 3.8) is 0 Å². The van der Waals surface area contributed by atoms with E-state index in [1.807, 2.05) is 0 Å². The minimum absolute atomic E-state index is 0.139. The summed E-state index contributed by atoms with van der Waals surface area (Å²) in [6.45, 7) is 7.02. The lowest BCUT2D eigenvalue weighted by molar-refractivity contribution is 0.293. The molecule has 2 heteroatoms. The van der Waals surface area contributed by atoms with Gasteiger partial charge in [-0.15, -0.1) is 0 Å². The van der Waals surface area contributed by atoms with Gasteiger partial charge in [-0.05, 0) is 5.41 Å². The maximum atomic E-state index is 9.22. The number of ether oxygens (including phenoxy) is 1. The first-order chi connectivity index (χ1) is 4.52. The monoisotopic (exact) mass is 143 g/mol. The molecule has 0 amide bonds. The van der Waals surface area contributed by atoms with Crippen molar-refractivity contribution in [2.75, 3.05) is 6.61 Å². The van der Waals surface area contributed by atoms with Crippen molar-refractivity contribution in [1.82, 2.24) is 0 Å². The number of esters is 1. The summed E-state index contributed by atoms with van der Waals surface area (Å²) in [6, 6.07) is 0. The van der Waals surface area contributed by atoms with Crippen LogP contribution >= 0.6 is 0 Å². The minimum atomic E-state index is 0.139. The Balaban J connectivity index is 2.64. The summed E-state index contributed by atoms with van der Waals surface area (Å²) in [5, 5.41) is 0. The smallest absolute Gasteiger partial charge is 0.339 e. The molecular weight excluding hydrogens is 128 g/mol. The first kappa shape index (κ1) is 7.58. The first-order valence-corrected chi connectivity index (χ1v) is 3.70. The van der Waals surface area contributed by atoms with Gasteiger partial charge in [-0.3, -0.25) is 0 Å². The molecule has 0 radical (unpaired) electrons. The molecule has 1 saturated heterocycles. The van der Waals surface area contributed by atoms with E-state index in [-0.39, 0.29) is 17.3 Å². The molecule has 1 heterocycles. The molecule has 10 heavy (non-hydrogen) atoms. The molecule has 0 aliphatic carbocycles. The fraction of sp³-hybridized carbons (Fsp3) is 0.875. The molecule has 1 aliphatic heterocycles. The molecule has 1 unspecified atom stereocenters. The Bertz CT molecular complexity index is 144. The highest BCUT2D eigenvalue weighted by Gasteiger charge is 2.42. The van der Waals surface area contributed by atoms with Crippen molar-refractivity contribution in [2.45, 2.75) is 27.2 Å². The highest BCUT2D eigenvalue weighted by atomic mass is 16.5. The largest absolute Gasteiger partial charge is 0.486 e. The molecule has 2 nitrogen and oxygen atoms in total. The van der Waals surface area contributed by atoms with E-state index in [4.69, 9.17) is 4.74 Å². The Hall–Kier alpha value is -0.530. The van der Waals surface area contributed by atoms with Crippen LogP contribution in [0.5, 0.6) is 0 Å². The van der Waals surface area contributed by atoms with Crippen molar-refractivity contribution in [3.8, 4) is 0 Å². The average molecular weight is 143 g/mol. The van der Waals surface area contributed by atoms with Crippen molar-refractivity contribution >= 4 is 5.97 Å². The molecule has 1 atom stereocenters. The molecule has 1 rings (SSSR count). The summed E-state index contributed by atoms with van der Waals surface area (Å²) in [5.41, 5.74) is 0.139. The van der Waals surface area contributed by atoms with Gasteiger partial charge in [-0.1, -0.05) is 20.8 Å². The lowest BCUT2D eigenvalue weighted by Gasteiger charge is -2.19. The van der Waals surface area contributed by atoms with Crippen LogP contribution in [0, 0.1) is 11.3 Å². The second kappa shape index (κ2) is 2.26. The van der Waals surface area contributed by atoms with Crippen molar-refractivity contribution in [2.24, 2.45) is 11.3 Å². The predicted molar refractivity (Wildman–Crippen MR) is 40.5 cm³/mol. The van der Waals surface area contributed by atoms with E-state index in [1.165, 1.54) is 0 Å². The minimum Gasteiger partial charge on any atom is -0.339 e. The van der Waals surface area contributed by atoms with Crippen LogP contribution in [0.1, 0.15) is 27.2 Å². The van der Waals surface area contributed by atoms with E-state index in [1.54, 1.807) is 0 Å². The molecule has 0 aromatic heterocycles. The molecule has 0 aromatic rings. The second-order valence-corrected chi connectivity index (χ2v) is 3.89. The molecule has 1 fully saturated rings. The van der Waals surface area contributed by atoms with Crippen LogP contribution in [-0.4, -0.2) is 17.4 Å². The number of rotatable bonds is 0. The van der Waals surface area contributed by atoms with E-state index >= 15 is 0 Å². The summed E-state index contributed by atoms with van der Waals surface area (Å²) in [7, 11) is 0. The van der Waals surface area contributed by atoms with E-state index in [2.05, 4.69) is 20.8 Å². The summed E-state index contributed by atoms with van der Waals surface area (Å²) in [6.07, 6.45) is 0.954. The van der Waals surface area contributed by atoms with Gasteiger partial charge < -0.3 is 9.53 Å². The van der Waals surface area contributed by atoms with Crippen LogP contribution in [0.2, 0.25) is 0 Å². The van der Waals surface area contributed by atoms with Crippen molar-refractivity contribution in [1.29, 1.82) is 0 Å². The lowest BCUT2D eigenvalue weighted by Crippen LogP contribution is -2.24. The number of carbonyl (C=O) groups excluding carboxylic acids is 1. The van der Waals surface area contributed by atoms with Crippen LogP contribution in [0.3, 0.4) is 0 Å². The van der Waals surface area contributed by atoms with Crippen LogP contribution < -0.4 is 0 Å². The second-order valence-electron chi connectivity index (χ2n) is 3.89. The molecule has 0 bridgehead atoms. The normalized spacial score (nSPS) is 26.7. The van der Waals surface area contributed by atoms with Crippen LogP contribution in [0.15, 0.2) is 0 Å². The Morgan fingerprint density at radius 2 is 2.10 bits per heavy atom. The molecule has 0 saturated carbocycles. The zero-order chi connectivity index (χ0) is 7.78. The molecule has 0 aromatic carbocycles. The number of cyclic esters (lactones) is 1. The molecular formula is C8H15O2+. The SMILES string of the molecule is CC(C)(C)C1CCOC1=[OH+].